The lowest BCUT2D eigenvalue weighted by molar-refractivity contribution is 0.590. The summed E-state index contributed by atoms with van der Waals surface area (Å²) in [5.41, 5.74) is 28.5. The summed E-state index contributed by atoms with van der Waals surface area (Å²) in [5, 5.41) is 5.26. The first kappa shape index (κ1) is 55.3. The van der Waals surface area contributed by atoms with Crippen molar-refractivity contribution in [2.75, 3.05) is 14.7 Å². The molecule has 0 fully saturated rings. The van der Waals surface area contributed by atoms with E-state index in [0.29, 0.717) is 0 Å². The van der Waals surface area contributed by atoms with E-state index in [1.165, 1.54) is 137 Å². The summed E-state index contributed by atoms with van der Waals surface area (Å²) in [6, 6.07) is 73.6. The number of thiophene rings is 1. The molecule has 432 valence electrons. The van der Waals surface area contributed by atoms with Crippen molar-refractivity contribution in [1.29, 1.82) is 0 Å². The molecule has 3 aliphatic rings. The molecule has 0 amide bonds. The predicted molar refractivity (Wildman–Crippen MR) is 380 cm³/mol. The SMILES string of the molecule is Cc1cc2c3c(c1)N1c4c(cc(C(C)(C)C)cc4-n4c5ccc(C(C)(C)C)cc5c5cc(C(C)(C)C)cc1c54)B3c1ccc(N(c3ccc(C(C)(C)C)cc3)c3ccc(C(C)(C)C)cc3)cc1N2c1ccc(-c2cccc3c2sc2ccccc23)cc1. The number of nitrogens with zero attached hydrogens (tertiary/aromatic N) is 4. The van der Waals surface area contributed by atoms with Gasteiger partial charge in [-0.2, -0.15) is 0 Å². The van der Waals surface area contributed by atoms with E-state index in [1.54, 1.807) is 0 Å². The van der Waals surface area contributed by atoms with Gasteiger partial charge in [0, 0.05) is 70.8 Å². The van der Waals surface area contributed by atoms with Crippen LogP contribution < -0.4 is 31.1 Å². The monoisotopic (exact) mass is 1150 g/mol. The van der Waals surface area contributed by atoms with Crippen LogP contribution >= 0.6 is 11.3 Å². The largest absolute Gasteiger partial charge is 0.311 e. The average Bonchev–Trinajstić information content (AvgIpc) is 1.67. The van der Waals surface area contributed by atoms with Crippen molar-refractivity contribution in [3.05, 3.63) is 221 Å². The van der Waals surface area contributed by atoms with E-state index in [4.69, 9.17) is 0 Å². The first-order valence-corrected chi connectivity index (χ1v) is 32.2. The minimum Gasteiger partial charge on any atom is -0.311 e. The molecule has 87 heavy (non-hydrogen) atoms. The van der Waals surface area contributed by atoms with Crippen LogP contribution in [0.25, 0.3) is 58.8 Å². The van der Waals surface area contributed by atoms with Gasteiger partial charge >= 0.3 is 0 Å². The van der Waals surface area contributed by atoms with Crippen LogP contribution in [-0.2, 0) is 27.1 Å². The molecule has 4 nitrogen and oxygen atoms in total. The third-order valence-electron chi connectivity index (χ3n) is 19.3. The predicted octanol–water partition coefficient (Wildman–Crippen LogP) is 21.5. The summed E-state index contributed by atoms with van der Waals surface area (Å²) in [4.78, 5) is 7.80. The zero-order valence-electron chi connectivity index (χ0n) is 53.7. The first-order chi connectivity index (χ1) is 41.2. The molecule has 2 aromatic heterocycles. The van der Waals surface area contributed by atoms with Gasteiger partial charge < -0.3 is 19.3 Å². The normalized spacial score (nSPS) is 13.9. The maximum Gasteiger partial charge on any atom is 0.252 e. The summed E-state index contributed by atoms with van der Waals surface area (Å²) in [5.74, 6) is 0. The van der Waals surface area contributed by atoms with Crippen LogP contribution in [0, 0.1) is 6.92 Å². The zero-order chi connectivity index (χ0) is 60.8. The van der Waals surface area contributed by atoms with Crippen molar-refractivity contribution in [1.82, 2.24) is 4.57 Å². The number of benzene rings is 10. The second-order valence-corrected chi connectivity index (χ2v) is 31.5. The average molecular weight is 1150 g/mol. The zero-order valence-corrected chi connectivity index (χ0v) is 54.5. The van der Waals surface area contributed by atoms with E-state index < -0.39 is 0 Å². The number of anilines is 9. The van der Waals surface area contributed by atoms with Gasteiger partial charge in [-0.05, 0) is 192 Å². The van der Waals surface area contributed by atoms with Gasteiger partial charge in [0.15, 0.2) is 0 Å². The molecule has 0 spiro atoms. The third-order valence-corrected chi connectivity index (χ3v) is 20.5. The van der Waals surface area contributed by atoms with E-state index in [9.17, 15) is 0 Å². The van der Waals surface area contributed by atoms with Crippen molar-refractivity contribution in [3.63, 3.8) is 0 Å². The lowest BCUT2D eigenvalue weighted by Crippen LogP contribution is -2.62. The molecule has 6 heteroatoms. The first-order valence-electron chi connectivity index (χ1n) is 31.4. The molecule has 12 aromatic rings. The molecule has 0 unspecified atom stereocenters. The Morgan fingerprint density at radius 3 is 1.57 bits per heavy atom. The molecule has 0 saturated heterocycles. The molecule has 15 rings (SSSR count). The topological polar surface area (TPSA) is 14.7 Å². The van der Waals surface area contributed by atoms with Crippen LogP contribution in [0.2, 0.25) is 0 Å². The van der Waals surface area contributed by atoms with Crippen LogP contribution in [0.3, 0.4) is 0 Å². The van der Waals surface area contributed by atoms with E-state index in [2.05, 4.69) is 318 Å². The summed E-state index contributed by atoms with van der Waals surface area (Å²) in [7, 11) is 0. The second kappa shape index (κ2) is 18.8. The fourth-order valence-electron chi connectivity index (χ4n) is 14.4. The molecule has 0 radical (unpaired) electrons. The minimum atomic E-state index is -0.147. The molecule has 0 atom stereocenters. The van der Waals surface area contributed by atoms with Gasteiger partial charge in [-0.15, -0.1) is 11.3 Å². The summed E-state index contributed by atoms with van der Waals surface area (Å²) >= 11 is 1.90. The molecule has 0 saturated carbocycles. The van der Waals surface area contributed by atoms with Gasteiger partial charge in [0.25, 0.3) is 6.71 Å². The number of hydrogen-bond donors (Lipinski definition) is 0. The second-order valence-electron chi connectivity index (χ2n) is 30.5. The highest BCUT2D eigenvalue weighted by Crippen LogP contribution is 2.55. The van der Waals surface area contributed by atoms with Crippen molar-refractivity contribution >= 4 is 128 Å². The van der Waals surface area contributed by atoms with Gasteiger partial charge in [-0.1, -0.05) is 195 Å². The van der Waals surface area contributed by atoms with E-state index in [1.807, 2.05) is 11.3 Å². The number of fused-ring (bicyclic) bond motifs is 12. The van der Waals surface area contributed by atoms with Crippen LogP contribution in [-0.4, -0.2) is 11.3 Å². The molecule has 0 aliphatic carbocycles. The van der Waals surface area contributed by atoms with Crippen molar-refractivity contribution in [3.8, 4) is 16.8 Å². The van der Waals surface area contributed by atoms with Crippen LogP contribution in [0.5, 0.6) is 0 Å². The summed E-state index contributed by atoms with van der Waals surface area (Å²) in [6.45, 7) is 37.3. The lowest BCUT2D eigenvalue weighted by Gasteiger charge is -2.47. The smallest absolute Gasteiger partial charge is 0.252 e. The minimum absolute atomic E-state index is 0.0144. The molecule has 10 aromatic carbocycles. The van der Waals surface area contributed by atoms with Crippen LogP contribution in [0.15, 0.2) is 188 Å². The molecular formula is C81H79BN4S. The molecular weight excluding hydrogens is 1070 g/mol. The Labute approximate surface area is 519 Å². The Bertz CT molecular complexity index is 4770. The maximum atomic E-state index is 2.71. The van der Waals surface area contributed by atoms with Gasteiger partial charge in [0.1, 0.15) is 0 Å². The highest BCUT2D eigenvalue weighted by molar-refractivity contribution is 7.26. The molecule has 0 N–H and O–H groups in total. The number of rotatable bonds is 5. The maximum absolute atomic E-state index is 2.71. The van der Waals surface area contributed by atoms with Gasteiger partial charge in [-0.3, -0.25) is 0 Å². The summed E-state index contributed by atoms with van der Waals surface area (Å²) in [6.07, 6.45) is 0. The molecule has 3 aliphatic heterocycles. The van der Waals surface area contributed by atoms with E-state index >= 15 is 0 Å². The van der Waals surface area contributed by atoms with Gasteiger partial charge in [0.05, 0.1) is 28.1 Å². The van der Waals surface area contributed by atoms with E-state index in [-0.39, 0.29) is 33.8 Å². The fourth-order valence-corrected chi connectivity index (χ4v) is 15.6. The quantitative estimate of drug-likeness (QED) is 0.160. The van der Waals surface area contributed by atoms with Crippen molar-refractivity contribution in [2.45, 2.75) is 138 Å². The van der Waals surface area contributed by atoms with E-state index in [0.717, 1.165) is 22.7 Å². The number of aryl methyl sites for hydroxylation is 1. The Morgan fingerprint density at radius 1 is 0.391 bits per heavy atom. The number of aromatic nitrogens is 1. The Hall–Kier alpha value is -8.32. The van der Waals surface area contributed by atoms with Crippen molar-refractivity contribution in [2.24, 2.45) is 0 Å². The highest BCUT2D eigenvalue weighted by atomic mass is 32.1. The van der Waals surface area contributed by atoms with Gasteiger partial charge in [0.2, 0.25) is 0 Å². The standard InChI is InChI=1S/C81H79BN4S/c1-48-40-68-73-69(41-48)86-70-45-53(80(11,12)13)43-63-62-42-52(79(8,9)10)30-39-66(62)85(74(63)70)71-46-54(81(14,15)16)44-65(75(71)86)82(73)64-38-37-58(83(55-33-26-50(27-34-55)77(2,3)4)56-35-28-51(29-36-56)78(5,6)7)47-67(64)84(68)57-31-24-49(25-32-57)59-21-19-22-61-60-20-17-18-23-72(60)87-76(59)61/h17-47H,1-16H3. The molecule has 5 heterocycles. The number of hydrogen-bond acceptors (Lipinski definition) is 4. The Kier molecular flexibility index (Phi) is 12.0. The molecule has 0 bridgehead atoms. The Balaban J connectivity index is 1.02. The van der Waals surface area contributed by atoms with Crippen LogP contribution in [0.1, 0.15) is 137 Å². The van der Waals surface area contributed by atoms with Gasteiger partial charge in [-0.25, -0.2) is 0 Å². The lowest BCUT2D eigenvalue weighted by atomic mass is 9.33. The van der Waals surface area contributed by atoms with Crippen molar-refractivity contribution < 1.29 is 0 Å². The highest BCUT2D eigenvalue weighted by Gasteiger charge is 2.47. The fraction of sp³-hybridized carbons (Fsp3) is 0.259. The Morgan fingerprint density at radius 2 is 0.943 bits per heavy atom. The van der Waals surface area contributed by atoms with Crippen LogP contribution in [0.4, 0.5) is 51.2 Å². The summed E-state index contributed by atoms with van der Waals surface area (Å²) < 4.78 is 5.30. The third kappa shape index (κ3) is 8.66.